The lowest BCUT2D eigenvalue weighted by molar-refractivity contribution is -0.384. The topological polar surface area (TPSA) is 126 Å². The maximum absolute atomic E-state index is 12.4. The highest BCUT2D eigenvalue weighted by Crippen LogP contribution is 2.29. The molecule has 0 heterocycles. The summed E-state index contributed by atoms with van der Waals surface area (Å²) in [4.78, 5) is 35.3. The summed E-state index contributed by atoms with van der Waals surface area (Å²) >= 11 is 0. The highest BCUT2D eigenvalue weighted by Gasteiger charge is 2.24. The Morgan fingerprint density at radius 1 is 1.00 bits per heavy atom. The number of benzene rings is 2. The summed E-state index contributed by atoms with van der Waals surface area (Å²) in [7, 11) is 4.22. The number of nitro benzene ring substituents is 1. The molecule has 0 spiro atoms. The molecule has 154 valence electrons. The van der Waals surface area contributed by atoms with Gasteiger partial charge in [-0.05, 0) is 31.2 Å². The van der Waals surface area contributed by atoms with Gasteiger partial charge in [-0.2, -0.15) is 0 Å². The molecule has 0 bridgehead atoms. The Balaban J connectivity index is 2.14. The van der Waals surface area contributed by atoms with Crippen LogP contribution in [0.4, 0.5) is 11.4 Å². The minimum atomic E-state index is -1.23. The number of amides is 1. The number of methoxy groups -OCH3 is 3. The van der Waals surface area contributed by atoms with Gasteiger partial charge in [0, 0.05) is 6.07 Å². The SMILES string of the molecule is COc1ccc(C(=O)OC(C)C(=O)Nc2ccc(OC)cc2[N+](=O)[O-])c(OC)c1. The molecule has 0 aliphatic rings. The van der Waals surface area contributed by atoms with Gasteiger partial charge in [-0.3, -0.25) is 14.9 Å². The van der Waals surface area contributed by atoms with Crippen LogP contribution in [0, 0.1) is 10.1 Å². The molecule has 10 nitrogen and oxygen atoms in total. The Hall–Kier alpha value is -3.82. The van der Waals surface area contributed by atoms with Crippen LogP contribution in [0.15, 0.2) is 36.4 Å². The first kappa shape index (κ1) is 21.5. The van der Waals surface area contributed by atoms with Gasteiger partial charge in [0.05, 0.1) is 32.3 Å². The number of nitro groups is 1. The van der Waals surface area contributed by atoms with Crippen LogP contribution >= 0.6 is 0 Å². The molecule has 0 aromatic heterocycles. The minimum Gasteiger partial charge on any atom is -0.497 e. The first-order valence-corrected chi connectivity index (χ1v) is 8.37. The first-order valence-electron chi connectivity index (χ1n) is 8.37. The summed E-state index contributed by atoms with van der Waals surface area (Å²) in [6, 6.07) is 8.46. The van der Waals surface area contributed by atoms with Crippen LogP contribution in [0.3, 0.4) is 0 Å². The molecular weight excluding hydrogens is 384 g/mol. The zero-order valence-electron chi connectivity index (χ0n) is 16.3. The van der Waals surface area contributed by atoms with Crippen LogP contribution in [0.2, 0.25) is 0 Å². The van der Waals surface area contributed by atoms with E-state index in [1.165, 1.54) is 58.6 Å². The summed E-state index contributed by atoms with van der Waals surface area (Å²) in [5.74, 6) is -0.569. The van der Waals surface area contributed by atoms with Gasteiger partial charge >= 0.3 is 5.97 Å². The van der Waals surface area contributed by atoms with E-state index in [1.807, 2.05) is 0 Å². The summed E-state index contributed by atoms with van der Waals surface area (Å²) in [6.45, 7) is 1.35. The molecule has 0 aliphatic carbocycles. The van der Waals surface area contributed by atoms with Gasteiger partial charge in [-0.1, -0.05) is 0 Å². The van der Waals surface area contributed by atoms with Crippen molar-refractivity contribution in [3.05, 3.63) is 52.1 Å². The highest BCUT2D eigenvalue weighted by molar-refractivity contribution is 5.99. The van der Waals surface area contributed by atoms with Crippen molar-refractivity contribution in [3.63, 3.8) is 0 Å². The zero-order chi connectivity index (χ0) is 21.6. The summed E-state index contributed by atoms with van der Waals surface area (Å²) in [5.41, 5.74) is -0.304. The number of anilines is 1. The smallest absolute Gasteiger partial charge is 0.342 e. The summed E-state index contributed by atoms with van der Waals surface area (Å²) in [5, 5.41) is 13.6. The lowest BCUT2D eigenvalue weighted by atomic mass is 10.2. The molecule has 0 fully saturated rings. The molecule has 10 heteroatoms. The normalized spacial score (nSPS) is 11.2. The quantitative estimate of drug-likeness (QED) is 0.404. The maximum Gasteiger partial charge on any atom is 0.342 e. The standard InChI is InChI=1S/C19H20N2O8/c1-11(29-19(23)14-7-5-13(27-3)10-17(14)28-4)18(22)20-15-8-6-12(26-2)9-16(15)21(24)25/h5-11H,1-4H3,(H,20,22). The van der Waals surface area contributed by atoms with Gasteiger partial charge in [-0.25, -0.2) is 4.79 Å². The van der Waals surface area contributed by atoms with E-state index in [0.29, 0.717) is 5.75 Å². The number of carbonyl (C=O) groups excluding carboxylic acids is 2. The van der Waals surface area contributed by atoms with Crippen molar-refractivity contribution in [2.45, 2.75) is 13.0 Å². The molecule has 29 heavy (non-hydrogen) atoms. The second-order valence-corrected chi connectivity index (χ2v) is 5.74. The van der Waals surface area contributed by atoms with Crippen molar-refractivity contribution in [1.82, 2.24) is 0 Å². The average molecular weight is 404 g/mol. The van der Waals surface area contributed by atoms with Crippen LogP contribution in [0.5, 0.6) is 17.2 Å². The van der Waals surface area contributed by atoms with Gasteiger partial charge in [0.1, 0.15) is 28.5 Å². The van der Waals surface area contributed by atoms with Gasteiger partial charge in [0.2, 0.25) is 0 Å². The third-order valence-electron chi connectivity index (χ3n) is 3.94. The van der Waals surface area contributed by atoms with Crippen LogP contribution in [-0.4, -0.2) is 44.2 Å². The van der Waals surface area contributed by atoms with E-state index in [9.17, 15) is 19.7 Å². The molecule has 1 atom stereocenters. The monoisotopic (exact) mass is 404 g/mol. The van der Waals surface area contributed by atoms with Gasteiger partial charge in [-0.15, -0.1) is 0 Å². The van der Waals surface area contributed by atoms with E-state index in [1.54, 1.807) is 6.07 Å². The second kappa shape index (κ2) is 9.40. The first-order chi connectivity index (χ1) is 13.8. The molecule has 2 rings (SSSR count). The Bertz CT molecular complexity index is 928. The van der Waals surface area contributed by atoms with Crippen LogP contribution < -0.4 is 19.5 Å². The van der Waals surface area contributed by atoms with Crippen molar-refractivity contribution in [2.75, 3.05) is 26.6 Å². The van der Waals surface area contributed by atoms with E-state index in [-0.39, 0.29) is 28.4 Å². The van der Waals surface area contributed by atoms with Crippen molar-refractivity contribution >= 4 is 23.3 Å². The number of nitrogens with zero attached hydrogens (tertiary/aromatic N) is 1. The number of rotatable bonds is 8. The van der Waals surface area contributed by atoms with Crippen molar-refractivity contribution in [3.8, 4) is 17.2 Å². The predicted molar refractivity (Wildman–Crippen MR) is 103 cm³/mol. The molecule has 2 aromatic carbocycles. The third-order valence-corrected chi connectivity index (χ3v) is 3.94. The molecule has 2 aromatic rings. The van der Waals surface area contributed by atoms with Crippen LogP contribution in [-0.2, 0) is 9.53 Å². The Kier molecular flexibility index (Phi) is 6.96. The molecule has 0 saturated heterocycles. The van der Waals surface area contributed by atoms with Crippen molar-refractivity contribution < 1.29 is 33.5 Å². The van der Waals surface area contributed by atoms with E-state index < -0.39 is 22.9 Å². The molecule has 0 aliphatic heterocycles. The fraction of sp³-hybridized carbons (Fsp3) is 0.263. The largest absolute Gasteiger partial charge is 0.497 e. The molecule has 1 unspecified atom stereocenters. The Labute approximate surface area is 166 Å². The van der Waals surface area contributed by atoms with E-state index in [0.717, 1.165) is 0 Å². The van der Waals surface area contributed by atoms with Gasteiger partial charge < -0.3 is 24.3 Å². The Morgan fingerprint density at radius 2 is 1.62 bits per heavy atom. The number of hydrogen-bond donors (Lipinski definition) is 1. The maximum atomic E-state index is 12.4. The highest BCUT2D eigenvalue weighted by atomic mass is 16.6. The zero-order valence-corrected chi connectivity index (χ0v) is 16.3. The second-order valence-electron chi connectivity index (χ2n) is 5.74. The molecule has 0 radical (unpaired) electrons. The van der Waals surface area contributed by atoms with E-state index in [4.69, 9.17) is 18.9 Å². The average Bonchev–Trinajstić information content (AvgIpc) is 2.72. The predicted octanol–water partition coefficient (Wildman–Crippen LogP) is 2.80. The summed E-state index contributed by atoms with van der Waals surface area (Å²) < 4.78 is 20.3. The third kappa shape index (κ3) is 5.12. The molecular formula is C19H20N2O8. The minimum absolute atomic E-state index is 0.0503. The van der Waals surface area contributed by atoms with Crippen LogP contribution in [0.25, 0.3) is 0 Å². The number of carbonyl (C=O) groups is 2. The van der Waals surface area contributed by atoms with E-state index >= 15 is 0 Å². The number of hydrogen-bond acceptors (Lipinski definition) is 8. The van der Waals surface area contributed by atoms with E-state index in [2.05, 4.69) is 5.32 Å². The lowest BCUT2D eigenvalue weighted by Gasteiger charge is -2.15. The van der Waals surface area contributed by atoms with Crippen molar-refractivity contribution in [2.24, 2.45) is 0 Å². The molecule has 1 amide bonds. The summed E-state index contributed by atoms with van der Waals surface area (Å²) in [6.07, 6.45) is -1.23. The number of esters is 1. The molecule has 1 N–H and O–H groups in total. The fourth-order valence-corrected chi connectivity index (χ4v) is 2.37. The number of nitrogens with one attached hydrogen (secondary N) is 1. The van der Waals surface area contributed by atoms with Crippen LogP contribution in [0.1, 0.15) is 17.3 Å². The lowest BCUT2D eigenvalue weighted by Crippen LogP contribution is -2.30. The van der Waals surface area contributed by atoms with Gasteiger partial charge in [0.25, 0.3) is 11.6 Å². The van der Waals surface area contributed by atoms with Crippen molar-refractivity contribution in [1.29, 1.82) is 0 Å². The number of ether oxygens (including phenoxy) is 4. The van der Waals surface area contributed by atoms with Gasteiger partial charge in [0.15, 0.2) is 6.10 Å². The molecule has 0 saturated carbocycles. The fourth-order valence-electron chi connectivity index (χ4n) is 2.37. The Morgan fingerprint density at radius 3 is 2.21 bits per heavy atom.